The molecule has 0 saturated carbocycles. The molecule has 0 amide bonds. The zero-order chi connectivity index (χ0) is 15.1. The van der Waals surface area contributed by atoms with Gasteiger partial charge in [-0.3, -0.25) is 4.90 Å². The molecule has 0 radical (unpaired) electrons. The summed E-state index contributed by atoms with van der Waals surface area (Å²) in [5, 5.41) is 0. The molecule has 0 aromatic heterocycles. The molecule has 1 saturated heterocycles. The number of rotatable bonds is 7. The van der Waals surface area contributed by atoms with Gasteiger partial charge in [-0.1, -0.05) is 6.92 Å². The van der Waals surface area contributed by atoms with Crippen molar-refractivity contribution < 1.29 is 9.47 Å². The second-order valence-corrected chi connectivity index (χ2v) is 5.84. The number of hydrogen-bond acceptors (Lipinski definition) is 4. The van der Waals surface area contributed by atoms with Crippen LogP contribution in [0, 0.1) is 0 Å². The normalized spacial score (nSPS) is 23.0. The summed E-state index contributed by atoms with van der Waals surface area (Å²) in [7, 11) is 0. The Morgan fingerprint density at radius 2 is 1.76 bits per heavy atom. The molecule has 4 nitrogen and oxygen atoms in total. The van der Waals surface area contributed by atoms with Gasteiger partial charge in [0.05, 0.1) is 6.61 Å². The average Bonchev–Trinajstić information content (AvgIpc) is 2.48. The molecule has 0 aliphatic carbocycles. The first kappa shape index (κ1) is 16.1. The number of nitrogens with zero attached hydrogens (tertiary/aromatic N) is 1. The summed E-state index contributed by atoms with van der Waals surface area (Å²) in [5.74, 6) is 1.81. The van der Waals surface area contributed by atoms with Crippen molar-refractivity contribution >= 4 is 0 Å². The fraction of sp³-hybridized carbons (Fsp3) is 0.647. The monoisotopic (exact) mass is 292 g/mol. The molecule has 1 aliphatic heterocycles. The number of likely N-dealkylation sites (tertiary alicyclic amines) is 1. The predicted molar refractivity (Wildman–Crippen MR) is 86.0 cm³/mol. The van der Waals surface area contributed by atoms with E-state index < -0.39 is 0 Å². The first-order valence-corrected chi connectivity index (χ1v) is 8.04. The van der Waals surface area contributed by atoms with Gasteiger partial charge in [0.15, 0.2) is 0 Å². The van der Waals surface area contributed by atoms with E-state index in [0.717, 1.165) is 57.1 Å². The Bertz CT molecular complexity index is 408. The van der Waals surface area contributed by atoms with Crippen LogP contribution in [0.15, 0.2) is 24.3 Å². The van der Waals surface area contributed by atoms with Crippen LogP contribution in [0.1, 0.15) is 33.1 Å². The Balaban J connectivity index is 1.70. The molecule has 21 heavy (non-hydrogen) atoms. The lowest BCUT2D eigenvalue weighted by atomic mass is 9.99. The molecule has 2 atom stereocenters. The molecular weight excluding hydrogens is 264 g/mol. The van der Waals surface area contributed by atoms with Crippen molar-refractivity contribution in [3.05, 3.63) is 24.3 Å². The summed E-state index contributed by atoms with van der Waals surface area (Å²) in [6.07, 6.45) is 3.20. The summed E-state index contributed by atoms with van der Waals surface area (Å²) in [4.78, 5) is 2.46. The van der Waals surface area contributed by atoms with Gasteiger partial charge in [0.25, 0.3) is 0 Å². The maximum absolute atomic E-state index is 5.99. The lowest BCUT2D eigenvalue weighted by molar-refractivity contribution is 0.123. The van der Waals surface area contributed by atoms with Gasteiger partial charge in [0, 0.05) is 25.2 Å². The third-order valence-electron chi connectivity index (χ3n) is 4.00. The van der Waals surface area contributed by atoms with Crippen molar-refractivity contribution in [1.82, 2.24) is 4.90 Å². The van der Waals surface area contributed by atoms with Crippen LogP contribution in [0.2, 0.25) is 0 Å². The van der Waals surface area contributed by atoms with E-state index in [2.05, 4.69) is 18.7 Å². The van der Waals surface area contributed by atoms with Gasteiger partial charge in [-0.2, -0.15) is 0 Å². The van der Waals surface area contributed by atoms with E-state index in [-0.39, 0.29) is 0 Å². The van der Waals surface area contributed by atoms with Gasteiger partial charge in [-0.05, 0) is 50.5 Å². The van der Waals surface area contributed by atoms with E-state index in [4.69, 9.17) is 15.2 Å². The van der Waals surface area contributed by atoms with E-state index in [1.54, 1.807) is 0 Å². The van der Waals surface area contributed by atoms with Crippen molar-refractivity contribution in [1.29, 1.82) is 0 Å². The molecule has 1 heterocycles. The SMILES string of the molecule is CCCOc1ccc(OCCN2CCC(N)CC2C)cc1. The fourth-order valence-corrected chi connectivity index (χ4v) is 2.72. The van der Waals surface area contributed by atoms with Gasteiger partial charge in [-0.25, -0.2) is 0 Å². The van der Waals surface area contributed by atoms with Crippen molar-refractivity contribution in [3.63, 3.8) is 0 Å². The van der Waals surface area contributed by atoms with Gasteiger partial charge in [0.1, 0.15) is 18.1 Å². The highest BCUT2D eigenvalue weighted by molar-refractivity contribution is 5.31. The molecule has 2 rings (SSSR count). The van der Waals surface area contributed by atoms with Crippen LogP contribution >= 0.6 is 0 Å². The maximum Gasteiger partial charge on any atom is 0.119 e. The van der Waals surface area contributed by atoms with Crippen molar-refractivity contribution in [2.24, 2.45) is 5.73 Å². The van der Waals surface area contributed by atoms with Crippen LogP contribution in [0.4, 0.5) is 0 Å². The molecule has 4 heteroatoms. The summed E-state index contributed by atoms with van der Waals surface area (Å²) >= 11 is 0. The van der Waals surface area contributed by atoms with Crippen LogP contribution in [-0.4, -0.2) is 43.3 Å². The van der Waals surface area contributed by atoms with Crippen molar-refractivity contribution in [2.75, 3.05) is 26.3 Å². The van der Waals surface area contributed by atoms with Crippen LogP contribution < -0.4 is 15.2 Å². The summed E-state index contributed by atoms with van der Waals surface area (Å²) in [5.41, 5.74) is 5.99. The van der Waals surface area contributed by atoms with E-state index in [0.29, 0.717) is 12.1 Å². The Morgan fingerprint density at radius 1 is 1.14 bits per heavy atom. The molecule has 1 fully saturated rings. The highest BCUT2D eigenvalue weighted by Gasteiger charge is 2.22. The highest BCUT2D eigenvalue weighted by atomic mass is 16.5. The minimum Gasteiger partial charge on any atom is -0.494 e. The Labute approximate surface area is 128 Å². The lowest BCUT2D eigenvalue weighted by Gasteiger charge is -2.36. The van der Waals surface area contributed by atoms with E-state index in [9.17, 15) is 0 Å². The quantitative estimate of drug-likeness (QED) is 0.839. The molecular formula is C17H28N2O2. The van der Waals surface area contributed by atoms with E-state index in [1.807, 2.05) is 24.3 Å². The molecule has 2 N–H and O–H groups in total. The molecule has 2 unspecified atom stereocenters. The van der Waals surface area contributed by atoms with E-state index >= 15 is 0 Å². The van der Waals surface area contributed by atoms with Gasteiger partial charge >= 0.3 is 0 Å². The van der Waals surface area contributed by atoms with Crippen molar-refractivity contribution in [2.45, 2.75) is 45.2 Å². The van der Waals surface area contributed by atoms with Crippen LogP contribution in [0.5, 0.6) is 11.5 Å². The summed E-state index contributed by atoms with van der Waals surface area (Å²) < 4.78 is 11.4. The Morgan fingerprint density at radius 3 is 2.33 bits per heavy atom. The van der Waals surface area contributed by atoms with Gasteiger partial charge < -0.3 is 15.2 Å². The number of hydrogen-bond donors (Lipinski definition) is 1. The van der Waals surface area contributed by atoms with E-state index in [1.165, 1.54) is 0 Å². The number of piperidine rings is 1. The average molecular weight is 292 g/mol. The van der Waals surface area contributed by atoms with Crippen LogP contribution in [-0.2, 0) is 0 Å². The van der Waals surface area contributed by atoms with Crippen LogP contribution in [0.3, 0.4) is 0 Å². The maximum atomic E-state index is 5.99. The standard InChI is InChI=1S/C17H28N2O2/c1-3-11-20-16-4-6-17(7-5-16)21-12-10-19-9-8-15(18)13-14(19)2/h4-7,14-15H,3,8-13,18H2,1-2H3. The van der Waals surface area contributed by atoms with Crippen molar-refractivity contribution in [3.8, 4) is 11.5 Å². The third kappa shape index (κ3) is 5.21. The molecule has 0 bridgehead atoms. The highest BCUT2D eigenvalue weighted by Crippen LogP contribution is 2.19. The predicted octanol–water partition coefficient (Wildman–Crippen LogP) is 2.67. The second kappa shape index (κ2) is 8.25. The first-order chi connectivity index (χ1) is 10.2. The smallest absolute Gasteiger partial charge is 0.119 e. The van der Waals surface area contributed by atoms with Gasteiger partial charge in [-0.15, -0.1) is 0 Å². The fourth-order valence-electron chi connectivity index (χ4n) is 2.72. The van der Waals surface area contributed by atoms with Crippen LogP contribution in [0.25, 0.3) is 0 Å². The minimum atomic E-state index is 0.368. The Kier molecular flexibility index (Phi) is 6.33. The molecule has 1 aromatic carbocycles. The van der Waals surface area contributed by atoms with Gasteiger partial charge in [0.2, 0.25) is 0 Å². The zero-order valence-corrected chi connectivity index (χ0v) is 13.3. The second-order valence-electron chi connectivity index (χ2n) is 5.84. The third-order valence-corrected chi connectivity index (χ3v) is 4.00. The lowest BCUT2D eigenvalue weighted by Crippen LogP contribution is -2.46. The topological polar surface area (TPSA) is 47.7 Å². The number of benzene rings is 1. The largest absolute Gasteiger partial charge is 0.494 e. The molecule has 1 aliphatic rings. The first-order valence-electron chi connectivity index (χ1n) is 8.04. The molecule has 1 aromatic rings. The zero-order valence-electron chi connectivity index (χ0n) is 13.3. The summed E-state index contributed by atoms with van der Waals surface area (Å²) in [6, 6.07) is 8.80. The minimum absolute atomic E-state index is 0.368. The number of nitrogens with two attached hydrogens (primary N) is 1. The molecule has 118 valence electrons. The Hall–Kier alpha value is -1.26. The number of ether oxygens (including phenoxy) is 2. The summed E-state index contributed by atoms with van der Waals surface area (Å²) in [6.45, 7) is 7.87. The molecule has 0 spiro atoms.